The molecule has 8 nitrogen and oxygen atoms in total. The number of nitrogens with two attached hydrogens (primary N) is 1. The first-order chi connectivity index (χ1) is 18.0. The Morgan fingerprint density at radius 3 is 2.97 bits per heavy atom. The standard InChI is InChI=1S/C28H32FN5O3/c29-18-11-27(7-2-9-34(27)14-18)16-36-26-32-22-12-28(37-15-20(22)25(33-26)23-6-10-35-23)8-1-3-17-4-5-21(31)19(13-30)24(17)28/h4-5,18,23H,1-3,6-12,14-16,31H2/t18-,23-,27?,28+/m1/s1. The lowest BCUT2D eigenvalue weighted by molar-refractivity contribution is -0.0913. The van der Waals surface area contributed by atoms with Crippen LogP contribution in [0.2, 0.25) is 0 Å². The molecule has 5 heterocycles. The van der Waals surface area contributed by atoms with E-state index in [0.717, 1.165) is 73.1 Å². The normalized spacial score (nSPS) is 32.3. The van der Waals surface area contributed by atoms with E-state index in [2.05, 4.69) is 11.0 Å². The fraction of sp³-hybridized carbons (Fsp3) is 0.607. The lowest BCUT2D eigenvalue weighted by atomic mass is 9.72. The van der Waals surface area contributed by atoms with E-state index in [-0.39, 0.29) is 11.6 Å². The zero-order valence-corrected chi connectivity index (χ0v) is 21.0. The summed E-state index contributed by atoms with van der Waals surface area (Å²) in [4.78, 5) is 12.0. The molecule has 1 aromatic heterocycles. The van der Waals surface area contributed by atoms with Crippen LogP contribution in [0.15, 0.2) is 12.1 Å². The van der Waals surface area contributed by atoms with Crippen molar-refractivity contribution in [3.63, 3.8) is 0 Å². The van der Waals surface area contributed by atoms with Crippen molar-refractivity contribution in [1.29, 1.82) is 5.26 Å². The highest BCUT2D eigenvalue weighted by Gasteiger charge is 2.50. The van der Waals surface area contributed by atoms with E-state index in [1.54, 1.807) is 0 Å². The molecule has 7 rings (SSSR count). The number of anilines is 1. The van der Waals surface area contributed by atoms with E-state index < -0.39 is 11.8 Å². The Bertz CT molecular complexity index is 1290. The van der Waals surface area contributed by atoms with Gasteiger partial charge < -0.3 is 19.9 Å². The Morgan fingerprint density at radius 1 is 1.27 bits per heavy atom. The molecule has 9 heteroatoms. The summed E-state index contributed by atoms with van der Waals surface area (Å²) in [5.74, 6) is 0. The summed E-state index contributed by atoms with van der Waals surface area (Å²) in [6.07, 6.45) is 5.67. The molecule has 1 spiro atoms. The average molecular weight is 506 g/mol. The predicted octanol–water partition coefficient (Wildman–Crippen LogP) is 3.65. The molecule has 0 radical (unpaired) electrons. The van der Waals surface area contributed by atoms with Crippen molar-refractivity contribution in [2.45, 2.75) is 81.4 Å². The van der Waals surface area contributed by atoms with Crippen LogP contribution in [0.5, 0.6) is 6.01 Å². The highest BCUT2D eigenvalue weighted by atomic mass is 19.1. The third-order valence-electron chi connectivity index (χ3n) is 9.20. The zero-order valence-electron chi connectivity index (χ0n) is 21.0. The second-order valence-corrected chi connectivity index (χ2v) is 11.3. The second-order valence-electron chi connectivity index (χ2n) is 11.3. The lowest BCUT2D eigenvalue weighted by Gasteiger charge is -2.43. The van der Waals surface area contributed by atoms with Crippen molar-refractivity contribution in [2.75, 3.05) is 32.0 Å². The summed E-state index contributed by atoms with van der Waals surface area (Å²) >= 11 is 0. The van der Waals surface area contributed by atoms with Gasteiger partial charge in [0.25, 0.3) is 0 Å². The van der Waals surface area contributed by atoms with Crippen LogP contribution in [0.25, 0.3) is 0 Å². The molecule has 37 heavy (non-hydrogen) atoms. The Kier molecular flexibility index (Phi) is 5.43. The molecule has 4 atom stereocenters. The van der Waals surface area contributed by atoms with Gasteiger partial charge in [-0.2, -0.15) is 15.2 Å². The van der Waals surface area contributed by atoms with Crippen LogP contribution in [-0.2, 0) is 34.5 Å². The summed E-state index contributed by atoms with van der Waals surface area (Å²) in [7, 11) is 0. The number of benzene rings is 1. The van der Waals surface area contributed by atoms with Gasteiger partial charge in [0.1, 0.15) is 30.6 Å². The van der Waals surface area contributed by atoms with E-state index >= 15 is 0 Å². The van der Waals surface area contributed by atoms with Crippen molar-refractivity contribution in [3.8, 4) is 12.1 Å². The topological polar surface area (TPSA) is 107 Å². The van der Waals surface area contributed by atoms with Crippen LogP contribution < -0.4 is 10.5 Å². The third kappa shape index (κ3) is 3.64. The van der Waals surface area contributed by atoms with E-state index in [9.17, 15) is 9.65 Å². The minimum Gasteiger partial charge on any atom is -0.461 e. The molecule has 2 N–H and O–H groups in total. The van der Waals surface area contributed by atoms with Crippen molar-refractivity contribution in [2.24, 2.45) is 0 Å². The first-order valence-electron chi connectivity index (χ1n) is 13.5. The number of hydrogen-bond acceptors (Lipinski definition) is 8. The van der Waals surface area contributed by atoms with Crippen molar-refractivity contribution in [1.82, 2.24) is 14.9 Å². The summed E-state index contributed by atoms with van der Waals surface area (Å²) in [5, 5.41) is 9.97. The molecule has 4 aliphatic heterocycles. The van der Waals surface area contributed by atoms with Gasteiger partial charge in [0, 0.05) is 42.6 Å². The van der Waals surface area contributed by atoms with Crippen LogP contribution in [0.3, 0.4) is 0 Å². The molecule has 2 aromatic rings. The van der Waals surface area contributed by atoms with E-state index in [1.807, 2.05) is 12.1 Å². The van der Waals surface area contributed by atoms with Crippen molar-refractivity contribution < 1.29 is 18.6 Å². The maximum Gasteiger partial charge on any atom is 0.317 e. The van der Waals surface area contributed by atoms with Crippen LogP contribution in [0.4, 0.5) is 10.1 Å². The molecule has 1 unspecified atom stereocenters. The molecule has 3 saturated heterocycles. The van der Waals surface area contributed by atoms with Gasteiger partial charge >= 0.3 is 6.01 Å². The molecule has 1 aliphatic carbocycles. The second kappa shape index (κ2) is 8.62. The Hall–Kier alpha value is -2.80. The number of aromatic nitrogens is 2. The first-order valence-corrected chi connectivity index (χ1v) is 13.5. The number of nitrogen functional groups attached to an aromatic ring is 1. The molecular weight excluding hydrogens is 473 g/mol. The minimum absolute atomic E-state index is 0.0939. The van der Waals surface area contributed by atoms with Gasteiger partial charge in [0.2, 0.25) is 0 Å². The summed E-state index contributed by atoms with van der Waals surface area (Å²) < 4.78 is 33.0. The molecule has 0 bridgehead atoms. The first kappa shape index (κ1) is 23.3. The fourth-order valence-corrected chi connectivity index (χ4v) is 7.31. The van der Waals surface area contributed by atoms with E-state index in [1.165, 1.54) is 0 Å². The number of fused-ring (bicyclic) bond motifs is 4. The maximum atomic E-state index is 14.3. The Balaban J connectivity index is 1.25. The van der Waals surface area contributed by atoms with Crippen LogP contribution in [-0.4, -0.2) is 52.9 Å². The highest BCUT2D eigenvalue weighted by Crippen LogP contribution is 2.48. The average Bonchev–Trinajstić information content (AvgIpc) is 3.37. The summed E-state index contributed by atoms with van der Waals surface area (Å²) in [6.45, 7) is 2.85. The number of hydrogen-bond donors (Lipinski definition) is 1. The lowest BCUT2D eigenvalue weighted by Crippen LogP contribution is -2.44. The van der Waals surface area contributed by atoms with Gasteiger partial charge in [-0.05, 0) is 50.3 Å². The van der Waals surface area contributed by atoms with Crippen LogP contribution >= 0.6 is 0 Å². The maximum absolute atomic E-state index is 14.3. The van der Waals surface area contributed by atoms with Gasteiger partial charge in [-0.3, -0.25) is 4.90 Å². The SMILES string of the molecule is N#Cc1c(N)ccc2c1[C@]1(CCC2)Cc2nc(OCC34CCCN3C[C@H](F)C4)nc([C@H]3CCO3)c2CO1. The number of rotatable bonds is 4. The Morgan fingerprint density at radius 2 is 2.16 bits per heavy atom. The molecule has 0 amide bonds. The van der Waals surface area contributed by atoms with Gasteiger partial charge in [0.15, 0.2) is 0 Å². The smallest absolute Gasteiger partial charge is 0.317 e. The van der Waals surface area contributed by atoms with Gasteiger partial charge in [-0.1, -0.05) is 6.07 Å². The number of halogens is 1. The number of ether oxygens (including phenoxy) is 3. The molecular formula is C28H32FN5O3. The molecule has 0 saturated carbocycles. The zero-order chi connectivity index (χ0) is 25.2. The minimum atomic E-state index is -0.808. The van der Waals surface area contributed by atoms with Gasteiger partial charge in [0.05, 0.1) is 35.7 Å². The summed E-state index contributed by atoms with van der Waals surface area (Å²) in [6, 6.07) is 6.52. The summed E-state index contributed by atoms with van der Waals surface area (Å²) in [5.41, 5.74) is 11.0. The van der Waals surface area contributed by atoms with E-state index in [4.69, 9.17) is 29.9 Å². The third-order valence-corrected chi connectivity index (χ3v) is 9.20. The number of nitriles is 1. The molecule has 1 aromatic carbocycles. The number of nitrogens with zero attached hydrogens (tertiary/aromatic N) is 4. The predicted molar refractivity (Wildman–Crippen MR) is 133 cm³/mol. The number of alkyl halides is 1. The molecule has 194 valence electrons. The van der Waals surface area contributed by atoms with E-state index in [0.29, 0.717) is 56.5 Å². The Labute approximate surface area is 215 Å². The largest absolute Gasteiger partial charge is 0.461 e. The molecule has 3 fully saturated rings. The van der Waals surface area contributed by atoms with Crippen molar-refractivity contribution in [3.05, 3.63) is 45.8 Å². The van der Waals surface area contributed by atoms with Crippen LogP contribution in [0, 0.1) is 11.3 Å². The monoisotopic (exact) mass is 505 g/mol. The highest BCUT2D eigenvalue weighted by molar-refractivity contribution is 5.63. The van der Waals surface area contributed by atoms with Crippen molar-refractivity contribution >= 4 is 5.69 Å². The van der Waals surface area contributed by atoms with Crippen LogP contribution in [0.1, 0.15) is 78.3 Å². The van der Waals surface area contributed by atoms with Gasteiger partial charge in [-0.25, -0.2) is 4.39 Å². The number of aryl methyl sites for hydroxylation is 1. The fourth-order valence-electron chi connectivity index (χ4n) is 7.31. The quantitative estimate of drug-likeness (QED) is 0.628. The van der Waals surface area contributed by atoms with Gasteiger partial charge in [-0.15, -0.1) is 0 Å². The molecule has 5 aliphatic rings.